The third kappa shape index (κ3) is 4.99. The van der Waals surface area contributed by atoms with Gasteiger partial charge in [0.25, 0.3) is 0 Å². The van der Waals surface area contributed by atoms with E-state index in [0.717, 1.165) is 33.5 Å². The topological polar surface area (TPSA) is 83.0 Å². The first-order valence-corrected chi connectivity index (χ1v) is 11.6. The van der Waals surface area contributed by atoms with E-state index < -0.39 is 5.91 Å². The summed E-state index contributed by atoms with van der Waals surface area (Å²) in [5, 5.41) is 1.23. The Morgan fingerprint density at radius 2 is 1.69 bits per heavy atom. The molecule has 2 heterocycles. The number of nitrogens with two attached hydrogens (primary N) is 1. The molecule has 6 nitrogen and oxygen atoms in total. The summed E-state index contributed by atoms with van der Waals surface area (Å²) >= 11 is 12.7. The molecular weight excluding hydrogens is 483 g/mol. The van der Waals surface area contributed by atoms with Gasteiger partial charge in [-0.25, -0.2) is 4.98 Å². The van der Waals surface area contributed by atoms with E-state index in [9.17, 15) is 4.79 Å². The molecule has 0 fully saturated rings. The van der Waals surface area contributed by atoms with E-state index >= 15 is 0 Å². The quantitative estimate of drug-likeness (QED) is 0.290. The van der Waals surface area contributed by atoms with Gasteiger partial charge in [0.2, 0.25) is 5.91 Å². The number of ether oxygens (including phenoxy) is 1. The molecule has 0 bridgehead atoms. The fraction of sp³-hybridized carbons (Fsp3) is 0.0741. The molecule has 5 aromatic rings. The number of benzene rings is 3. The van der Waals surface area contributed by atoms with Crippen molar-refractivity contribution >= 4 is 40.1 Å². The summed E-state index contributed by atoms with van der Waals surface area (Å²) in [7, 11) is 0. The van der Waals surface area contributed by atoms with Gasteiger partial charge in [0.15, 0.2) is 0 Å². The van der Waals surface area contributed by atoms with E-state index in [1.165, 1.54) is 0 Å². The molecule has 3 aromatic carbocycles. The molecule has 35 heavy (non-hydrogen) atoms. The van der Waals surface area contributed by atoms with Crippen LogP contribution in [0.3, 0.4) is 0 Å². The smallest absolute Gasteiger partial charge is 0.248 e. The van der Waals surface area contributed by atoms with Gasteiger partial charge in [0.1, 0.15) is 18.2 Å². The lowest BCUT2D eigenvalue weighted by Crippen LogP contribution is -2.11. The van der Waals surface area contributed by atoms with Crippen LogP contribution in [0.5, 0.6) is 5.75 Å². The minimum Gasteiger partial charge on any atom is -0.486 e. The molecule has 0 spiro atoms. The standard InChI is InChI=1S/C27H20Cl2N4O2/c28-21-4-7-23(29)20(13-21)15-33-25-14-19(17-9-11-31-12-10-17)3-8-24(25)32-26(33)16-35-22-5-1-18(2-6-22)27(30)34/h1-14H,15-16H2,(H2,30,34). The Bertz CT molecular complexity index is 1520. The Balaban J connectivity index is 1.54. The predicted molar refractivity (Wildman–Crippen MR) is 138 cm³/mol. The highest BCUT2D eigenvalue weighted by atomic mass is 35.5. The Morgan fingerprint density at radius 1 is 0.914 bits per heavy atom. The van der Waals surface area contributed by atoms with Crippen LogP contribution in [0.4, 0.5) is 0 Å². The fourth-order valence-corrected chi connectivity index (χ4v) is 4.25. The summed E-state index contributed by atoms with van der Waals surface area (Å²) < 4.78 is 8.08. The number of halogens is 2. The minimum atomic E-state index is -0.484. The second-order valence-corrected chi connectivity index (χ2v) is 8.81. The number of amides is 1. The third-order valence-corrected chi connectivity index (χ3v) is 6.29. The van der Waals surface area contributed by atoms with Gasteiger partial charge in [-0.1, -0.05) is 29.3 Å². The van der Waals surface area contributed by atoms with Gasteiger partial charge in [-0.15, -0.1) is 0 Å². The lowest BCUT2D eigenvalue weighted by atomic mass is 10.1. The van der Waals surface area contributed by atoms with Crippen LogP contribution >= 0.6 is 23.2 Å². The molecule has 0 aliphatic carbocycles. The third-order valence-electron chi connectivity index (χ3n) is 5.68. The molecule has 0 aliphatic heterocycles. The van der Waals surface area contributed by atoms with Crippen molar-refractivity contribution < 1.29 is 9.53 Å². The number of fused-ring (bicyclic) bond motifs is 1. The van der Waals surface area contributed by atoms with E-state index in [-0.39, 0.29) is 6.61 Å². The van der Waals surface area contributed by atoms with Crippen molar-refractivity contribution in [1.29, 1.82) is 0 Å². The van der Waals surface area contributed by atoms with Crippen LogP contribution in [0.25, 0.3) is 22.2 Å². The maximum atomic E-state index is 11.3. The maximum absolute atomic E-state index is 11.3. The molecule has 1 amide bonds. The van der Waals surface area contributed by atoms with E-state index in [2.05, 4.69) is 15.6 Å². The Hall–Kier alpha value is -3.87. The Kier molecular flexibility index (Phi) is 6.40. The molecule has 0 aliphatic rings. The highest BCUT2D eigenvalue weighted by Gasteiger charge is 2.15. The van der Waals surface area contributed by atoms with Crippen LogP contribution in [0, 0.1) is 0 Å². The molecule has 2 N–H and O–H groups in total. The molecule has 0 unspecified atom stereocenters. The average Bonchev–Trinajstić information content (AvgIpc) is 3.22. The zero-order valence-corrected chi connectivity index (χ0v) is 20.0. The van der Waals surface area contributed by atoms with Gasteiger partial charge in [-0.05, 0) is 83.4 Å². The monoisotopic (exact) mass is 502 g/mol. The van der Waals surface area contributed by atoms with Crippen LogP contribution in [0.1, 0.15) is 21.7 Å². The largest absolute Gasteiger partial charge is 0.486 e. The SMILES string of the molecule is NC(=O)c1ccc(OCc2nc3ccc(-c4ccncc4)cc3n2Cc2cc(Cl)ccc2Cl)cc1. The van der Waals surface area contributed by atoms with E-state index in [1.54, 1.807) is 48.8 Å². The molecule has 0 radical (unpaired) electrons. The molecule has 0 atom stereocenters. The van der Waals surface area contributed by atoms with Crippen molar-refractivity contribution in [3.8, 4) is 16.9 Å². The Labute approximate surface area is 211 Å². The number of pyridine rings is 1. The van der Waals surface area contributed by atoms with E-state index in [1.807, 2.05) is 30.3 Å². The highest BCUT2D eigenvalue weighted by Crippen LogP contribution is 2.28. The molecule has 5 rings (SSSR count). The number of primary amides is 1. The fourth-order valence-electron chi connectivity index (χ4n) is 3.88. The summed E-state index contributed by atoms with van der Waals surface area (Å²) in [6, 6.07) is 22.2. The van der Waals surface area contributed by atoms with Gasteiger partial charge in [-0.2, -0.15) is 0 Å². The summed E-state index contributed by atoms with van der Waals surface area (Å²) in [4.78, 5) is 20.3. The van der Waals surface area contributed by atoms with E-state index in [0.29, 0.717) is 27.9 Å². The zero-order valence-electron chi connectivity index (χ0n) is 18.5. The molecule has 8 heteroatoms. The summed E-state index contributed by atoms with van der Waals surface area (Å²) in [6.45, 7) is 0.683. The lowest BCUT2D eigenvalue weighted by molar-refractivity contribution is 0.1000. The number of aromatic nitrogens is 3. The van der Waals surface area contributed by atoms with Crippen molar-refractivity contribution in [3.05, 3.63) is 112 Å². The maximum Gasteiger partial charge on any atom is 0.248 e. The van der Waals surface area contributed by atoms with E-state index in [4.69, 9.17) is 38.7 Å². The van der Waals surface area contributed by atoms with Crippen LogP contribution < -0.4 is 10.5 Å². The van der Waals surface area contributed by atoms with Crippen molar-refractivity contribution in [2.24, 2.45) is 5.73 Å². The highest BCUT2D eigenvalue weighted by molar-refractivity contribution is 6.33. The lowest BCUT2D eigenvalue weighted by Gasteiger charge is -2.13. The summed E-state index contributed by atoms with van der Waals surface area (Å²) in [5.41, 5.74) is 10.5. The number of hydrogen-bond donors (Lipinski definition) is 1. The van der Waals surface area contributed by atoms with Crippen molar-refractivity contribution in [2.75, 3.05) is 0 Å². The normalized spacial score (nSPS) is 11.0. The number of rotatable bonds is 7. The summed E-state index contributed by atoms with van der Waals surface area (Å²) in [5.74, 6) is 0.843. The van der Waals surface area contributed by atoms with Crippen molar-refractivity contribution in [3.63, 3.8) is 0 Å². The molecule has 0 saturated carbocycles. The van der Waals surface area contributed by atoms with Crippen LogP contribution in [-0.2, 0) is 13.2 Å². The van der Waals surface area contributed by atoms with Gasteiger partial charge < -0.3 is 15.0 Å². The average molecular weight is 503 g/mol. The van der Waals surface area contributed by atoms with Crippen LogP contribution in [-0.4, -0.2) is 20.4 Å². The number of carbonyl (C=O) groups is 1. The van der Waals surface area contributed by atoms with Crippen LogP contribution in [0.2, 0.25) is 10.0 Å². The number of hydrogen-bond acceptors (Lipinski definition) is 4. The second-order valence-electron chi connectivity index (χ2n) is 7.97. The molecule has 174 valence electrons. The van der Waals surface area contributed by atoms with Crippen LogP contribution in [0.15, 0.2) is 85.2 Å². The van der Waals surface area contributed by atoms with Gasteiger partial charge in [0, 0.05) is 28.0 Å². The first kappa shape index (κ1) is 22.9. The number of carbonyl (C=O) groups excluding carboxylic acids is 1. The van der Waals surface area contributed by atoms with Gasteiger partial charge >= 0.3 is 0 Å². The number of imidazole rings is 1. The zero-order chi connectivity index (χ0) is 24.4. The first-order valence-electron chi connectivity index (χ1n) is 10.8. The second kappa shape index (κ2) is 9.78. The molecular formula is C27H20Cl2N4O2. The van der Waals surface area contributed by atoms with Gasteiger partial charge in [0.05, 0.1) is 17.6 Å². The first-order chi connectivity index (χ1) is 17.0. The minimum absolute atomic E-state index is 0.216. The van der Waals surface area contributed by atoms with Crippen molar-refractivity contribution in [1.82, 2.24) is 14.5 Å². The Morgan fingerprint density at radius 3 is 2.43 bits per heavy atom. The number of nitrogens with zero attached hydrogens (tertiary/aromatic N) is 3. The van der Waals surface area contributed by atoms with Crippen molar-refractivity contribution in [2.45, 2.75) is 13.2 Å². The molecule has 2 aromatic heterocycles. The predicted octanol–water partition coefficient (Wildman–Crippen LogP) is 6.13. The van der Waals surface area contributed by atoms with Gasteiger partial charge in [-0.3, -0.25) is 9.78 Å². The summed E-state index contributed by atoms with van der Waals surface area (Å²) in [6.07, 6.45) is 3.54. The molecule has 0 saturated heterocycles.